The molecular weight excluding hydrogens is 186 g/mol. The van der Waals surface area contributed by atoms with E-state index in [1.54, 1.807) is 0 Å². The van der Waals surface area contributed by atoms with Crippen molar-refractivity contribution in [2.45, 2.75) is 23.8 Å². The van der Waals surface area contributed by atoms with Crippen molar-refractivity contribution in [3.05, 3.63) is 10.4 Å². The smallest absolute Gasteiger partial charge is 0.142 e. The van der Waals surface area contributed by atoms with Crippen LogP contribution in [0, 0.1) is 0 Å². The third-order valence-corrected chi connectivity index (χ3v) is 2.03. The summed E-state index contributed by atoms with van der Waals surface area (Å²) in [4.78, 5) is 2.51. The minimum Gasteiger partial charge on any atom is -0.394 e. The van der Waals surface area contributed by atoms with Crippen LogP contribution in [0.5, 0.6) is 0 Å². The van der Waals surface area contributed by atoms with Crippen LogP contribution >= 0.6 is 11.6 Å². The molecule has 0 amide bonds. The molecule has 0 aromatic rings. The molecule has 0 aromatic carbocycles. The van der Waals surface area contributed by atoms with Gasteiger partial charge in [0.1, 0.15) is 17.7 Å². The van der Waals surface area contributed by atoms with Gasteiger partial charge in [0.2, 0.25) is 0 Å². The molecule has 1 fully saturated rings. The Balaban J connectivity index is 2.69. The van der Waals surface area contributed by atoms with E-state index in [1.165, 1.54) is 0 Å². The molecule has 1 heterocycles. The van der Waals surface area contributed by atoms with Crippen LogP contribution in [-0.2, 0) is 4.74 Å². The van der Waals surface area contributed by atoms with Gasteiger partial charge in [0, 0.05) is 4.91 Å². The first-order valence-corrected chi connectivity index (χ1v) is 3.77. The number of alkyl halides is 1. The zero-order chi connectivity index (χ0) is 9.14. The van der Waals surface area contributed by atoms with Gasteiger partial charge in [-0.1, -0.05) is 16.7 Å². The van der Waals surface area contributed by atoms with Crippen molar-refractivity contribution >= 4 is 11.6 Å². The molecule has 0 radical (unpaired) electrons. The molecule has 4 atom stereocenters. The van der Waals surface area contributed by atoms with E-state index in [1.807, 2.05) is 0 Å². The first-order valence-electron chi connectivity index (χ1n) is 3.33. The zero-order valence-electron chi connectivity index (χ0n) is 6.04. The summed E-state index contributed by atoms with van der Waals surface area (Å²) in [5.74, 6) is 0. The van der Waals surface area contributed by atoms with Crippen molar-refractivity contribution < 1.29 is 14.9 Å². The Morgan fingerprint density at radius 1 is 1.67 bits per heavy atom. The van der Waals surface area contributed by atoms with Crippen LogP contribution in [0.2, 0.25) is 0 Å². The second-order valence-corrected chi connectivity index (χ2v) is 2.82. The molecule has 0 aromatic heterocycles. The highest BCUT2D eigenvalue weighted by molar-refractivity contribution is 6.20. The third-order valence-electron chi connectivity index (χ3n) is 1.67. The number of aliphatic hydroxyl groups is 2. The highest BCUT2D eigenvalue weighted by atomic mass is 35.5. The first-order chi connectivity index (χ1) is 5.70. The van der Waals surface area contributed by atoms with Gasteiger partial charge in [-0.25, -0.2) is 0 Å². The summed E-state index contributed by atoms with van der Waals surface area (Å²) in [6, 6.07) is -0.825. The minimum absolute atomic E-state index is 0.345. The van der Waals surface area contributed by atoms with Gasteiger partial charge in [-0.15, -0.1) is 0 Å². The lowest BCUT2D eigenvalue weighted by Crippen LogP contribution is -2.31. The van der Waals surface area contributed by atoms with Crippen LogP contribution in [0.3, 0.4) is 0 Å². The molecule has 2 N–H and O–H groups in total. The van der Waals surface area contributed by atoms with E-state index in [0.29, 0.717) is 0 Å². The Hall–Kier alpha value is -0.520. The largest absolute Gasteiger partial charge is 0.394 e. The van der Waals surface area contributed by atoms with Crippen molar-refractivity contribution in [2.75, 3.05) is 6.61 Å². The molecule has 12 heavy (non-hydrogen) atoms. The Kier molecular flexibility index (Phi) is 3.13. The van der Waals surface area contributed by atoms with Gasteiger partial charge in [-0.2, -0.15) is 0 Å². The number of halogens is 1. The maximum atomic E-state index is 9.32. The van der Waals surface area contributed by atoms with Crippen LogP contribution in [0.25, 0.3) is 10.4 Å². The van der Waals surface area contributed by atoms with E-state index in [0.717, 1.165) is 0 Å². The van der Waals surface area contributed by atoms with Crippen LogP contribution in [0.1, 0.15) is 0 Å². The van der Waals surface area contributed by atoms with E-state index in [4.69, 9.17) is 27.0 Å². The maximum Gasteiger partial charge on any atom is 0.142 e. The van der Waals surface area contributed by atoms with Crippen LogP contribution in [-0.4, -0.2) is 40.6 Å². The first kappa shape index (κ1) is 9.57. The number of rotatable bonds is 2. The van der Waals surface area contributed by atoms with Crippen LogP contribution in [0.15, 0.2) is 5.11 Å². The molecule has 7 heteroatoms. The number of nitrogens with zero attached hydrogens (tertiary/aromatic N) is 3. The second-order valence-electron chi connectivity index (χ2n) is 2.39. The van der Waals surface area contributed by atoms with Crippen molar-refractivity contribution in [1.29, 1.82) is 0 Å². The van der Waals surface area contributed by atoms with Crippen LogP contribution in [0.4, 0.5) is 0 Å². The monoisotopic (exact) mass is 193 g/mol. The molecular formula is C5H8ClN3O3. The molecule has 1 aliphatic rings. The summed E-state index contributed by atoms with van der Waals surface area (Å²) < 4.78 is 4.89. The SMILES string of the molecule is [N-]=[N+]=N[C@@H]1[C@H](O)[C@@H](CO)O[C@@H]1Cl. The average Bonchev–Trinajstić information content (AvgIpc) is 2.32. The minimum atomic E-state index is -1.03. The fraction of sp³-hybridized carbons (Fsp3) is 1.00. The highest BCUT2D eigenvalue weighted by Crippen LogP contribution is 2.26. The van der Waals surface area contributed by atoms with E-state index in [-0.39, 0.29) is 6.61 Å². The van der Waals surface area contributed by atoms with Crippen molar-refractivity contribution in [2.24, 2.45) is 5.11 Å². The van der Waals surface area contributed by atoms with Gasteiger partial charge in [0.25, 0.3) is 0 Å². The summed E-state index contributed by atoms with van der Waals surface area (Å²) in [5.41, 5.74) is 7.22. The van der Waals surface area contributed by atoms with E-state index in [2.05, 4.69) is 10.0 Å². The van der Waals surface area contributed by atoms with Gasteiger partial charge in [-0.3, -0.25) is 0 Å². The summed E-state index contributed by atoms with van der Waals surface area (Å²) in [6.07, 6.45) is -1.80. The molecule has 1 rings (SSSR count). The number of azide groups is 1. The molecule has 68 valence electrons. The van der Waals surface area contributed by atoms with Gasteiger partial charge < -0.3 is 14.9 Å². The topological polar surface area (TPSA) is 98.5 Å². The van der Waals surface area contributed by atoms with Crippen molar-refractivity contribution in [3.8, 4) is 0 Å². The number of hydrogen-bond acceptors (Lipinski definition) is 4. The fourth-order valence-electron chi connectivity index (χ4n) is 1.03. The Morgan fingerprint density at radius 3 is 2.75 bits per heavy atom. The molecule has 0 aliphatic carbocycles. The summed E-state index contributed by atoms with van der Waals surface area (Å²) in [6.45, 7) is -0.345. The maximum absolute atomic E-state index is 9.32. The molecule has 1 saturated heterocycles. The van der Waals surface area contributed by atoms with Crippen molar-refractivity contribution in [1.82, 2.24) is 0 Å². The summed E-state index contributed by atoms with van der Waals surface area (Å²) >= 11 is 5.57. The molecule has 0 unspecified atom stereocenters. The predicted molar refractivity (Wildman–Crippen MR) is 40.5 cm³/mol. The fourth-order valence-corrected chi connectivity index (χ4v) is 1.37. The predicted octanol–water partition coefficient (Wildman–Crippen LogP) is -0.0178. The summed E-state index contributed by atoms with van der Waals surface area (Å²) in [7, 11) is 0. The van der Waals surface area contributed by atoms with Gasteiger partial charge in [0.05, 0.1) is 12.7 Å². The van der Waals surface area contributed by atoms with Gasteiger partial charge >= 0.3 is 0 Å². The number of aliphatic hydroxyl groups excluding tert-OH is 2. The highest BCUT2D eigenvalue weighted by Gasteiger charge is 2.41. The van der Waals surface area contributed by atoms with E-state index >= 15 is 0 Å². The normalized spacial score (nSPS) is 40.9. The number of hydrogen-bond donors (Lipinski definition) is 2. The lowest BCUT2D eigenvalue weighted by atomic mass is 10.1. The summed E-state index contributed by atoms with van der Waals surface area (Å²) in [5, 5.41) is 21.2. The lowest BCUT2D eigenvalue weighted by Gasteiger charge is -2.10. The molecule has 0 spiro atoms. The molecule has 0 saturated carbocycles. The quantitative estimate of drug-likeness (QED) is 0.279. The standard InChI is InChI=1S/C5H8ClN3O3/c6-5-3(8-9-7)4(11)2(1-10)12-5/h2-5,10-11H,1H2/t2-,3-,4-,5+/m1/s1. The second kappa shape index (κ2) is 3.93. The zero-order valence-corrected chi connectivity index (χ0v) is 6.79. The Bertz CT molecular complexity index is 208. The third kappa shape index (κ3) is 1.63. The number of ether oxygens (including phenoxy) is 1. The average molecular weight is 194 g/mol. The van der Waals surface area contributed by atoms with E-state index in [9.17, 15) is 5.11 Å². The lowest BCUT2D eigenvalue weighted by molar-refractivity contribution is -0.00422. The molecule has 1 aliphatic heterocycles. The van der Waals surface area contributed by atoms with Crippen LogP contribution < -0.4 is 0 Å². The Labute approximate surface area is 73.3 Å². The molecule has 6 nitrogen and oxygen atoms in total. The van der Waals surface area contributed by atoms with E-state index < -0.39 is 23.8 Å². The Morgan fingerprint density at radius 2 is 2.33 bits per heavy atom. The van der Waals surface area contributed by atoms with Gasteiger partial charge in [0.15, 0.2) is 0 Å². The van der Waals surface area contributed by atoms with Crippen molar-refractivity contribution in [3.63, 3.8) is 0 Å². The van der Waals surface area contributed by atoms with Gasteiger partial charge in [-0.05, 0) is 5.53 Å². The molecule has 0 bridgehead atoms.